The van der Waals surface area contributed by atoms with Crippen LogP contribution in [0, 0.1) is 10.1 Å². The van der Waals surface area contributed by atoms with Crippen molar-refractivity contribution in [3.63, 3.8) is 0 Å². The van der Waals surface area contributed by atoms with Crippen LogP contribution in [-0.4, -0.2) is 43.4 Å². The van der Waals surface area contributed by atoms with Gasteiger partial charge in [-0.3, -0.25) is 24.5 Å². The van der Waals surface area contributed by atoms with E-state index in [1.165, 1.54) is 31.0 Å². The first-order valence-electron chi connectivity index (χ1n) is 11.7. The van der Waals surface area contributed by atoms with Gasteiger partial charge in [-0.25, -0.2) is 0 Å². The van der Waals surface area contributed by atoms with Gasteiger partial charge in [0.2, 0.25) is 5.91 Å². The van der Waals surface area contributed by atoms with Gasteiger partial charge in [0.25, 0.3) is 5.69 Å². The lowest BCUT2D eigenvalue weighted by atomic mass is 10.0. The molecule has 190 valence electrons. The van der Waals surface area contributed by atoms with Crippen molar-refractivity contribution in [2.75, 3.05) is 18.2 Å². The van der Waals surface area contributed by atoms with Crippen molar-refractivity contribution < 1.29 is 14.5 Å². The predicted octanol–water partition coefficient (Wildman–Crippen LogP) is 5.10. The summed E-state index contributed by atoms with van der Waals surface area (Å²) in [6.45, 7) is 4.18. The van der Waals surface area contributed by atoms with Gasteiger partial charge in [-0.15, -0.1) is 10.2 Å². The number of hydrogen-bond donors (Lipinski definition) is 1. The molecule has 0 fully saturated rings. The van der Waals surface area contributed by atoms with E-state index in [-0.39, 0.29) is 17.1 Å². The number of aromatic nitrogens is 4. The van der Waals surface area contributed by atoms with Gasteiger partial charge in [0.1, 0.15) is 11.4 Å². The van der Waals surface area contributed by atoms with Crippen molar-refractivity contribution in [3.05, 3.63) is 82.2 Å². The Morgan fingerprint density at radius 1 is 1.11 bits per heavy atom. The highest BCUT2D eigenvalue weighted by Crippen LogP contribution is 2.33. The number of aryl methyl sites for hydroxylation is 2. The Balaban J connectivity index is 1.67. The fourth-order valence-corrected chi connectivity index (χ4v) is 4.70. The van der Waals surface area contributed by atoms with Crippen LogP contribution < -0.4 is 10.1 Å². The lowest BCUT2D eigenvalue weighted by Crippen LogP contribution is -2.16. The fourth-order valence-electron chi connectivity index (χ4n) is 3.96. The van der Waals surface area contributed by atoms with Gasteiger partial charge in [0, 0.05) is 18.0 Å². The number of methoxy groups -OCH3 is 1. The second-order valence-corrected chi connectivity index (χ2v) is 8.93. The average molecular weight is 519 g/mol. The quantitative estimate of drug-likeness (QED) is 0.175. The van der Waals surface area contributed by atoms with E-state index in [4.69, 9.17) is 4.74 Å². The minimum Gasteiger partial charge on any atom is -0.496 e. The van der Waals surface area contributed by atoms with Crippen molar-refractivity contribution in [2.45, 2.75) is 31.8 Å². The van der Waals surface area contributed by atoms with Crippen LogP contribution in [0.2, 0.25) is 0 Å². The number of nitro benzene ring substituents is 1. The van der Waals surface area contributed by atoms with Crippen LogP contribution in [-0.2, 0) is 17.6 Å². The summed E-state index contributed by atoms with van der Waals surface area (Å²) in [6, 6.07) is 14.2. The van der Waals surface area contributed by atoms with Gasteiger partial charge in [0.15, 0.2) is 11.0 Å². The molecule has 0 saturated carbocycles. The van der Waals surface area contributed by atoms with E-state index >= 15 is 0 Å². The number of anilines is 1. The van der Waals surface area contributed by atoms with Crippen molar-refractivity contribution in [3.8, 4) is 22.8 Å². The molecule has 0 unspecified atom stereocenters. The van der Waals surface area contributed by atoms with Crippen molar-refractivity contribution in [1.29, 1.82) is 0 Å². The van der Waals surface area contributed by atoms with Crippen LogP contribution >= 0.6 is 11.8 Å². The molecule has 0 radical (unpaired) electrons. The number of rotatable bonds is 10. The molecule has 2 aromatic heterocycles. The number of para-hydroxylation sites is 1. The molecule has 2 aromatic carbocycles. The first-order valence-corrected chi connectivity index (χ1v) is 12.7. The number of pyridine rings is 1. The zero-order valence-electron chi connectivity index (χ0n) is 20.7. The van der Waals surface area contributed by atoms with E-state index in [0.717, 1.165) is 35.2 Å². The highest BCUT2D eigenvalue weighted by molar-refractivity contribution is 7.99. The highest BCUT2D eigenvalue weighted by Gasteiger charge is 2.22. The van der Waals surface area contributed by atoms with Crippen LogP contribution in [0.3, 0.4) is 0 Å². The Morgan fingerprint density at radius 3 is 2.49 bits per heavy atom. The SMILES string of the molecule is CCc1cccc(CC)c1-n1c(SCC(=O)Nc2ccc(OC)cc2[N+](=O)[O-])nnc1-c1cccnc1. The van der Waals surface area contributed by atoms with Crippen LogP contribution in [0.5, 0.6) is 5.75 Å². The Bertz CT molecular complexity index is 1400. The molecule has 1 N–H and O–H groups in total. The largest absolute Gasteiger partial charge is 0.496 e. The van der Waals surface area contributed by atoms with Crippen molar-refractivity contribution in [2.24, 2.45) is 0 Å². The lowest BCUT2D eigenvalue weighted by molar-refractivity contribution is -0.384. The second-order valence-electron chi connectivity index (χ2n) is 7.99. The number of benzene rings is 2. The summed E-state index contributed by atoms with van der Waals surface area (Å²) in [7, 11) is 1.42. The van der Waals surface area contributed by atoms with Crippen molar-refractivity contribution >= 4 is 29.0 Å². The third kappa shape index (κ3) is 5.61. The Morgan fingerprint density at radius 2 is 1.86 bits per heavy atom. The minimum absolute atomic E-state index is 0.0237. The first kappa shape index (κ1) is 25.8. The third-order valence-corrected chi connectivity index (χ3v) is 6.68. The normalized spacial score (nSPS) is 10.8. The molecular formula is C26H26N6O4S. The number of carbonyl (C=O) groups is 1. The first-order chi connectivity index (χ1) is 18.0. The monoisotopic (exact) mass is 518 g/mol. The van der Waals surface area contributed by atoms with E-state index in [9.17, 15) is 14.9 Å². The third-order valence-electron chi connectivity index (χ3n) is 5.75. The van der Waals surface area contributed by atoms with Gasteiger partial charge < -0.3 is 10.1 Å². The summed E-state index contributed by atoms with van der Waals surface area (Å²) in [6.07, 6.45) is 5.03. The predicted molar refractivity (Wildman–Crippen MR) is 142 cm³/mol. The van der Waals surface area contributed by atoms with Gasteiger partial charge in [-0.05, 0) is 48.2 Å². The van der Waals surface area contributed by atoms with Crippen molar-refractivity contribution in [1.82, 2.24) is 19.7 Å². The summed E-state index contributed by atoms with van der Waals surface area (Å²) in [4.78, 5) is 28.0. The second kappa shape index (κ2) is 11.7. The molecule has 11 heteroatoms. The zero-order valence-corrected chi connectivity index (χ0v) is 21.5. The van der Waals surface area contributed by atoms with E-state index in [0.29, 0.717) is 16.7 Å². The number of thioether (sulfide) groups is 1. The molecule has 0 aliphatic carbocycles. The summed E-state index contributed by atoms with van der Waals surface area (Å²) in [5.41, 5.74) is 3.90. The molecule has 37 heavy (non-hydrogen) atoms. The Kier molecular flexibility index (Phi) is 8.14. The fraction of sp³-hybridized carbons (Fsp3) is 0.231. The summed E-state index contributed by atoms with van der Waals surface area (Å²) in [5, 5.41) is 23.5. The molecular weight excluding hydrogens is 492 g/mol. The maximum Gasteiger partial charge on any atom is 0.296 e. The van der Waals surface area contributed by atoms with Gasteiger partial charge in [-0.1, -0.05) is 43.8 Å². The smallest absolute Gasteiger partial charge is 0.296 e. The molecule has 0 spiro atoms. The molecule has 0 aliphatic rings. The summed E-state index contributed by atoms with van der Waals surface area (Å²) >= 11 is 1.21. The Labute approximate surface area is 218 Å². The van der Waals surface area contributed by atoms with E-state index in [1.54, 1.807) is 18.5 Å². The molecule has 0 saturated heterocycles. The lowest BCUT2D eigenvalue weighted by Gasteiger charge is -2.18. The van der Waals surface area contributed by atoms with Crippen LogP contribution in [0.4, 0.5) is 11.4 Å². The zero-order chi connectivity index (χ0) is 26.4. The van der Waals surface area contributed by atoms with E-state index in [2.05, 4.69) is 46.5 Å². The van der Waals surface area contributed by atoms with Crippen LogP contribution in [0.15, 0.2) is 66.1 Å². The molecule has 0 aliphatic heterocycles. The topological polar surface area (TPSA) is 125 Å². The number of nitrogens with zero attached hydrogens (tertiary/aromatic N) is 5. The number of ether oxygens (including phenoxy) is 1. The van der Waals surface area contributed by atoms with E-state index in [1.807, 2.05) is 22.8 Å². The van der Waals surface area contributed by atoms with E-state index < -0.39 is 10.8 Å². The maximum atomic E-state index is 12.8. The average Bonchev–Trinajstić information content (AvgIpc) is 3.35. The van der Waals surface area contributed by atoms with Gasteiger partial charge in [0.05, 0.1) is 29.5 Å². The van der Waals surface area contributed by atoms with Gasteiger partial charge >= 0.3 is 0 Å². The molecule has 4 rings (SSSR count). The van der Waals surface area contributed by atoms with Crippen LogP contribution in [0.1, 0.15) is 25.0 Å². The molecule has 2 heterocycles. The molecule has 10 nitrogen and oxygen atoms in total. The maximum absolute atomic E-state index is 12.8. The minimum atomic E-state index is -0.559. The number of hydrogen-bond acceptors (Lipinski definition) is 8. The highest BCUT2D eigenvalue weighted by atomic mass is 32.2. The molecule has 0 bridgehead atoms. The number of nitro groups is 1. The molecule has 0 atom stereocenters. The van der Waals surface area contributed by atoms with Gasteiger partial charge in [-0.2, -0.15) is 0 Å². The standard InChI is InChI=1S/C26H26N6O4S/c1-4-17-8-6-9-18(5-2)24(17)31-25(19-10-7-13-27-15-19)29-30-26(31)37-16-23(33)28-21-12-11-20(36-3)14-22(21)32(34)35/h6-15H,4-5,16H2,1-3H3,(H,28,33). The molecule has 1 amide bonds. The van der Waals surface area contributed by atoms with Crippen LogP contribution in [0.25, 0.3) is 17.1 Å². The number of amides is 1. The molecule has 4 aromatic rings. The number of nitrogens with one attached hydrogen (secondary N) is 1. The summed E-state index contributed by atoms with van der Waals surface area (Å²) in [5.74, 6) is 0.522. The number of carbonyl (C=O) groups excluding carboxylic acids is 1. The summed E-state index contributed by atoms with van der Waals surface area (Å²) < 4.78 is 7.03. The Hall–Kier alpha value is -4.25.